The number of carbonyl (C=O) groups is 4. The summed E-state index contributed by atoms with van der Waals surface area (Å²) >= 11 is 0. The number of nitrogens with zero attached hydrogens (tertiary/aromatic N) is 2. The molecule has 14 nitrogen and oxygen atoms in total. The van der Waals surface area contributed by atoms with Crippen LogP contribution in [-0.2, 0) is 29.1 Å². The molecule has 15 heteroatoms. The molecular weight excluding hydrogens is 739 g/mol. The lowest BCUT2D eigenvalue weighted by molar-refractivity contribution is -0.143. The zero-order valence-electron chi connectivity index (χ0n) is 32.9. The van der Waals surface area contributed by atoms with Crippen LogP contribution in [0, 0.1) is 11.3 Å². The van der Waals surface area contributed by atoms with Gasteiger partial charge in [-0.1, -0.05) is 57.2 Å². The number of alkyl carbamates (subject to hydrolysis) is 1. The van der Waals surface area contributed by atoms with E-state index in [1.165, 1.54) is 11.0 Å². The van der Waals surface area contributed by atoms with Gasteiger partial charge in [-0.15, -0.1) is 6.58 Å². The number of aromatic nitrogens is 1. The molecule has 3 fully saturated rings. The number of sulfonamides is 1. The van der Waals surface area contributed by atoms with Crippen LogP contribution in [0.15, 0.2) is 67.3 Å². The molecule has 1 aliphatic heterocycles. The maximum atomic E-state index is 14.7. The predicted molar refractivity (Wildman–Crippen MR) is 210 cm³/mol. The van der Waals surface area contributed by atoms with Crippen molar-refractivity contribution in [2.24, 2.45) is 11.3 Å². The second kappa shape index (κ2) is 15.1. The molecule has 56 heavy (non-hydrogen) atoms. The first-order valence-corrected chi connectivity index (χ1v) is 20.3. The molecular formula is C41H51N5O9S. The molecule has 2 heterocycles. The lowest BCUT2D eigenvalue weighted by Crippen LogP contribution is -2.60. The molecule has 1 aromatic heterocycles. The molecule has 3 aromatic rings. The quantitative estimate of drug-likeness (QED) is 0.214. The summed E-state index contributed by atoms with van der Waals surface area (Å²) < 4.78 is 45.4. The third kappa shape index (κ3) is 8.77. The molecule has 5 atom stereocenters. The van der Waals surface area contributed by atoms with Crippen molar-refractivity contribution < 1.29 is 41.8 Å². The lowest BCUT2D eigenvalue weighted by Gasteiger charge is -2.36. The number of ether oxygens (including phenoxy) is 3. The minimum absolute atomic E-state index is 0.0122. The van der Waals surface area contributed by atoms with Crippen LogP contribution >= 0.6 is 0 Å². The number of fused-ring (bicyclic) bond motifs is 1. The molecule has 300 valence electrons. The molecule has 2 unspecified atom stereocenters. The van der Waals surface area contributed by atoms with Crippen LogP contribution in [0.5, 0.6) is 11.5 Å². The molecule has 1 saturated heterocycles. The van der Waals surface area contributed by atoms with E-state index in [4.69, 9.17) is 19.2 Å². The van der Waals surface area contributed by atoms with Gasteiger partial charge < -0.3 is 29.7 Å². The average Bonchev–Trinajstić information content (AvgIpc) is 4.06. The molecule has 6 rings (SSSR count). The Hall–Kier alpha value is -5.18. The molecule has 0 spiro atoms. The van der Waals surface area contributed by atoms with Crippen molar-refractivity contribution in [1.29, 1.82) is 0 Å². The number of hydrogen-bond acceptors (Lipinski definition) is 10. The number of carbonyl (C=O) groups excluding carboxylic acids is 4. The van der Waals surface area contributed by atoms with Gasteiger partial charge >= 0.3 is 6.09 Å². The Kier molecular flexibility index (Phi) is 10.9. The SMILES string of the molecule is C=CC1CC1(NC(=O)[C@@H]1C[C@@H](Oc2cc(-c3ccccc3)nc3cc(OC)ccc23)CN1C(=O)[C@@H](NC(=O)OC(C)(C)C)C(C)(C)C)C(=O)NS(=O)(=O)C1CC1. The van der Waals surface area contributed by atoms with Crippen LogP contribution in [0.1, 0.15) is 67.2 Å². The van der Waals surface area contributed by atoms with Gasteiger partial charge in [0.2, 0.25) is 21.8 Å². The normalized spacial score (nSPS) is 22.8. The fourth-order valence-electron chi connectivity index (χ4n) is 6.97. The maximum absolute atomic E-state index is 14.7. The summed E-state index contributed by atoms with van der Waals surface area (Å²) in [6, 6.07) is 14.5. The summed E-state index contributed by atoms with van der Waals surface area (Å²) in [4.78, 5) is 61.9. The molecule has 0 radical (unpaired) electrons. The summed E-state index contributed by atoms with van der Waals surface area (Å²) in [6.45, 7) is 14.2. The smallest absolute Gasteiger partial charge is 0.408 e. The second-order valence-electron chi connectivity index (χ2n) is 16.9. The van der Waals surface area contributed by atoms with E-state index in [9.17, 15) is 27.6 Å². The molecule has 2 aliphatic carbocycles. The summed E-state index contributed by atoms with van der Waals surface area (Å²) in [5, 5.41) is 5.56. The monoisotopic (exact) mass is 789 g/mol. The van der Waals surface area contributed by atoms with Crippen LogP contribution in [0.2, 0.25) is 0 Å². The number of hydrogen-bond donors (Lipinski definition) is 3. The molecule has 3 N–H and O–H groups in total. The highest BCUT2D eigenvalue weighted by Crippen LogP contribution is 2.46. The zero-order valence-corrected chi connectivity index (χ0v) is 33.7. The predicted octanol–water partition coefficient (Wildman–Crippen LogP) is 4.87. The van der Waals surface area contributed by atoms with E-state index in [-0.39, 0.29) is 19.4 Å². The van der Waals surface area contributed by atoms with Gasteiger partial charge in [0.1, 0.15) is 40.8 Å². The van der Waals surface area contributed by atoms with Gasteiger partial charge in [0.25, 0.3) is 5.91 Å². The topological polar surface area (TPSA) is 182 Å². The minimum atomic E-state index is -3.92. The first kappa shape index (κ1) is 40.5. The first-order chi connectivity index (χ1) is 26.2. The summed E-state index contributed by atoms with van der Waals surface area (Å²) in [5.74, 6) is -1.56. The van der Waals surface area contributed by atoms with Crippen molar-refractivity contribution in [2.75, 3.05) is 13.7 Å². The standard InChI is InChI=1S/C41H51N5O9S/c1-9-25-22-41(25,37(49)45-56(51,52)28-16-17-28)44-35(47)32-20-27(23-46(32)36(48)34(39(2,3)4)43-38(50)55-40(5,6)7)54-33-21-30(24-13-11-10-12-14-24)42-31-19-26(53-8)15-18-29(31)33/h9-15,18-19,21,25,27-28,32,34H,1,16-17,20,22-23H2,2-8H3,(H,43,50)(H,44,47)(H,45,49)/t25?,27-,32+,34-,41?/m1/s1. The van der Waals surface area contributed by atoms with Gasteiger partial charge in [-0.25, -0.2) is 18.2 Å². The fourth-order valence-corrected chi connectivity index (χ4v) is 8.33. The second-order valence-corrected chi connectivity index (χ2v) is 18.8. The highest BCUT2D eigenvalue weighted by molar-refractivity contribution is 7.91. The average molecular weight is 790 g/mol. The third-order valence-electron chi connectivity index (χ3n) is 10.2. The Balaban J connectivity index is 1.34. The zero-order chi connectivity index (χ0) is 40.8. The Labute approximate surface area is 327 Å². The maximum Gasteiger partial charge on any atom is 0.408 e. The Morgan fingerprint density at radius 1 is 1.02 bits per heavy atom. The van der Waals surface area contributed by atoms with Gasteiger partial charge in [0.15, 0.2) is 0 Å². The van der Waals surface area contributed by atoms with Gasteiger partial charge in [0, 0.05) is 35.4 Å². The van der Waals surface area contributed by atoms with Crippen LogP contribution in [-0.4, -0.2) is 90.3 Å². The van der Waals surface area contributed by atoms with E-state index in [1.807, 2.05) is 42.5 Å². The number of nitrogens with one attached hydrogen (secondary N) is 3. The summed E-state index contributed by atoms with van der Waals surface area (Å²) in [7, 11) is -2.35. The highest BCUT2D eigenvalue weighted by atomic mass is 32.2. The Bertz CT molecular complexity index is 2140. The van der Waals surface area contributed by atoms with Crippen molar-refractivity contribution in [3.63, 3.8) is 0 Å². The van der Waals surface area contributed by atoms with E-state index in [1.54, 1.807) is 60.8 Å². The van der Waals surface area contributed by atoms with Gasteiger partial charge in [-0.05, 0) is 57.6 Å². The van der Waals surface area contributed by atoms with E-state index >= 15 is 0 Å². The van der Waals surface area contributed by atoms with Crippen LogP contribution < -0.4 is 24.8 Å². The molecule has 2 aromatic carbocycles. The van der Waals surface area contributed by atoms with Crippen molar-refractivity contribution in [1.82, 2.24) is 25.2 Å². The number of amides is 4. The highest BCUT2D eigenvalue weighted by Gasteiger charge is 2.62. The Morgan fingerprint density at radius 2 is 1.71 bits per heavy atom. The van der Waals surface area contributed by atoms with Crippen molar-refractivity contribution in [3.8, 4) is 22.8 Å². The fraction of sp³-hybridized carbons (Fsp3) is 0.488. The number of benzene rings is 2. The van der Waals surface area contributed by atoms with Crippen LogP contribution in [0.25, 0.3) is 22.2 Å². The van der Waals surface area contributed by atoms with Crippen molar-refractivity contribution in [3.05, 3.63) is 67.3 Å². The van der Waals surface area contributed by atoms with E-state index in [0.29, 0.717) is 40.9 Å². The molecule has 0 bridgehead atoms. The van der Waals surface area contributed by atoms with E-state index in [2.05, 4.69) is 21.9 Å². The van der Waals surface area contributed by atoms with Gasteiger partial charge in [-0.2, -0.15) is 0 Å². The van der Waals surface area contributed by atoms with Gasteiger partial charge in [-0.3, -0.25) is 19.1 Å². The molecule has 3 aliphatic rings. The van der Waals surface area contributed by atoms with Crippen molar-refractivity contribution in [2.45, 2.75) is 102 Å². The van der Waals surface area contributed by atoms with E-state index in [0.717, 1.165) is 5.56 Å². The number of methoxy groups -OCH3 is 1. The largest absolute Gasteiger partial charge is 0.497 e. The van der Waals surface area contributed by atoms with Crippen LogP contribution in [0.3, 0.4) is 0 Å². The minimum Gasteiger partial charge on any atom is -0.497 e. The molecule has 4 amide bonds. The first-order valence-electron chi connectivity index (χ1n) is 18.8. The third-order valence-corrected chi connectivity index (χ3v) is 12.0. The van der Waals surface area contributed by atoms with E-state index < -0.39 is 79.7 Å². The van der Waals surface area contributed by atoms with Crippen LogP contribution in [0.4, 0.5) is 4.79 Å². The number of rotatable bonds is 12. The molecule has 2 saturated carbocycles. The van der Waals surface area contributed by atoms with Crippen molar-refractivity contribution >= 4 is 44.7 Å². The summed E-state index contributed by atoms with van der Waals surface area (Å²) in [5.41, 5.74) is -1.16. The number of pyridine rings is 1. The Morgan fingerprint density at radius 3 is 2.30 bits per heavy atom. The van der Waals surface area contributed by atoms with Gasteiger partial charge in [0.05, 0.1) is 30.1 Å². The summed E-state index contributed by atoms with van der Waals surface area (Å²) in [6.07, 6.45) is 1.01. The lowest BCUT2D eigenvalue weighted by atomic mass is 9.85. The number of likely N-dealkylation sites (tertiary alicyclic amines) is 1.